The van der Waals surface area contributed by atoms with Crippen LogP contribution < -0.4 is 4.74 Å². The van der Waals surface area contributed by atoms with Crippen LogP contribution in [0.15, 0.2) is 77.4 Å². The van der Waals surface area contributed by atoms with Crippen molar-refractivity contribution >= 4 is 46.2 Å². The molecule has 32 heavy (non-hydrogen) atoms. The minimum absolute atomic E-state index is 0.0433. The van der Waals surface area contributed by atoms with Crippen LogP contribution in [-0.2, 0) is 16.1 Å². The topological polar surface area (TPSA) is 91.0 Å². The first-order valence-corrected chi connectivity index (χ1v) is 10.7. The largest absolute Gasteiger partial charge is 0.489 e. The molecule has 0 spiro atoms. The van der Waals surface area contributed by atoms with E-state index in [0.29, 0.717) is 23.5 Å². The molecule has 0 aromatic heterocycles. The van der Waals surface area contributed by atoms with E-state index in [4.69, 9.17) is 9.47 Å². The number of halogens is 1. The lowest BCUT2D eigenvalue weighted by molar-refractivity contribution is -0.385. The van der Waals surface area contributed by atoms with Crippen molar-refractivity contribution < 1.29 is 19.2 Å². The van der Waals surface area contributed by atoms with Crippen LogP contribution in [0.4, 0.5) is 5.69 Å². The molecule has 8 heteroatoms. The maximum atomic E-state index is 12.2. The lowest BCUT2D eigenvalue weighted by Crippen LogP contribution is -2.06. The number of aryl methyl sites for hydroxylation is 1. The number of carbonyl (C=O) groups excluding carboxylic acids is 1. The molecule has 0 fully saturated rings. The number of nitro groups is 1. The zero-order chi connectivity index (χ0) is 22.7. The average molecular weight is 540 g/mol. The van der Waals surface area contributed by atoms with Crippen LogP contribution >= 0.6 is 22.6 Å². The van der Waals surface area contributed by atoms with Crippen LogP contribution in [0.5, 0.6) is 5.75 Å². The quantitative estimate of drug-likeness (QED) is 0.137. The number of nitro benzene ring substituents is 1. The van der Waals surface area contributed by atoms with Gasteiger partial charge in [0.25, 0.3) is 5.69 Å². The average Bonchev–Trinajstić information content (AvgIpc) is 3.14. The predicted molar refractivity (Wildman–Crippen MR) is 128 cm³/mol. The number of carbonyl (C=O) groups is 1. The SMILES string of the molecule is Cc1ccc(C2=N/C(=C\c3ccc(OCc4ccccc4I)cc3)C(=O)O2)cc1[N+](=O)[O-]. The second kappa shape index (κ2) is 9.31. The van der Waals surface area contributed by atoms with Gasteiger partial charge in [-0.25, -0.2) is 9.79 Å². The second-order valence-electron chi connectivity index (χ2n) is 7.04. The fraction of sp³-hybridized carbons (Fsp3) is 0.0833. The summed E-state index contributed by atoms with van der Waals surface area (Å²) in [6, 6.07) is 19.8. The van der Waals surface area contributed by atoms with Crippen molar-refractivity contribution in [3.8, 4) is 5.75 Å². The molecule has 160 valence electrons. The fourth-order valence-corrected chi connectivity index (χ4v) is 3.61. The van der Waals surface area contributed by atoms with E-state index in [1.807, 2.05) is 48.5 Å². The number of ether oxygens (including phenoxy) is 2. The van der Waals surface area contributed by atoms with E-state index in [2.05, 4.69) is 27.6 Å². The molecular formula is C24H17IN2O5. The predicted octanol–water partition coefficient (Wildman–Crippen LogP) is 5.43. The van der Waals surface area contributed by atoms with Gasteiger partial charge in [0, 0.05) is 26.3 Å². The summed E-state index contributed by atoms with van der Waals surface area (Å²) in [6.07, 6.45) is 1.60. The van der Waals surface area contributed by atoms with Gasteiger partial charge in [-0.3, -0.25) is 10.1 Å². The van der Waals surface area contributed by atoms with Crippen molar-refractivity contribution in [3.05, 3.63) is 108 Å². The van der Waals surface area contributed by atoms with Gasteiger partial charge in [-0.1, -0.05) is 36.4 Å². The monoisotopic (exact) mass is 540 g/mol. The molecule has 3 aromatic rings. The Bertz CT molecular complexity index is 1270. The number of nitrogens with zero attached hydrogens (tertiary/aromatic N) is 2. The minimum atomic E-state index is -0.609. The summed E-state index contributed by atoms with van der Waals surface area (Å²) >= 11 is 2.27. The van der Waals surface area contributed by atoms with E-state index in [-0.39, 0.29) is 17.3 Å². The van der Waals surface area contributed by atoms with Crippen molar-refractivity contribution in [1.29, 1.82) is 0 Å². The Morgan fingerprint density at radius 3 is 2.59 bits per heavy atom. The van der Waals surface area contributed by atoms with Crippen LogP contribution in [0.25, 0.3) is 6.08 Å². The molecule has 3 aromatic carbocycles. The molecule has 0 atom stereocenters. The number of cyclic esters (lactones) is 1. The summed E-state index contributed by atoms with van der Waals surface area (Å²) in [5.41, 5.74) is 2.81. The molecule has 0 unspecified atom stereocenters. The lowest BCUT2D eigenvalue weighted by atomic mass is 10.1. The van der Waals surface area contributed by atoms with Crippen LogP contribution in [0.3, 0.4) is 0 Å². The van der Waals surface area contributed by atoms with E-state index in [1.165, 1.54) is 6.07 Å². The molecule has 0 saturated heterocycles. The highest BCUT2D eigenvalue weighted by molar-refractivity contribution is 14.1. The summed E-state index contributed by atoms with van der Waals surface area (Å²) < 4.78 is 12.2. The molecule has 1 heterocycles. The van der Waals surface area contributed by atoms with Crippen LogP contribution in [0.1, 0.15) is 22.3 Å². The van der Waals surface area contributed by atoms with E-state index in [9.17, 15) is 14.9 Å². The molecule has 7 nitrogen and oxygen atoms in total. The van der Waals surface area contributed by atoms with Gasteiger partial charge in [-0.15, -0.1) is 0 Å². The molecular weight excluding hydrogens is 523 g/mol. The summed E-state index contributed by atoms with van der Waals surface area (Å²) in [4.78, 5) is 27.2. The normalized spacial score (nSPS) is 14.2. The molecule has 0 bridgehead atoms. The zero-order valence-corrected chi connectivity index (χ0v) is 19.1. The summed E-state index contributed by atoms with van der Waals surface area (Å²) in [5.74, 6) is 0.140. The van der Waals surface area contributed by atoms with Crippen molar-refractivity contribution in [1.82, 2.24) is 0 Å². The Morgan fingerprint density at radius 1 is 1.12 bits per heavy atom. The van der Waals surface area contributed by atoms with Gasteiger partial charge in [0.15, 0.2) is 5.70 Å². The highest BCUT2D eigenvalue weighted by Gasteiger charge is 2.25. The number of esters is 1. The second-order valence-corrected chi connectivity index (χ2v) is 8.21. The fourth-order valence-electron chi connectivity index (χ4n) is 3.07. The number of hydrogen-bond donors (Lipinski definition) is 0. The van der Waals surface area contributed by atoms with E-state index >= 15 is 0 Å². The smallest absolute Gasteiger partial charge is 0.363 e. The van der Waals surface area contributed by atoms with Crippen molar-refractivity contribution in [2.45, 2.75) is 13.5 Å². The maximum absolute atomic E-state index is 12.2. The molecule has 4 rings (SSSR count). The molecule has 1 aliphatic heterocycles. The van der Waals surface area contributed by atoms with Crippen LogP contribution in [0.2, 0.25) is 0 Å². The van der Waals surface area contributed by atoms with Gasteiger partial charge in [-0.2, -0.15) is 0 Å². The van der Waals surface area contributed by atoms with Crippen LogP contribution in [-0.4, -0.2) is 16.8 Å². The summed E-state index contributed by atoms with van der Waals surface area (Å²) in [7, 11) is 0. The van der Waals surface area contributed by atoms with Gasteiger partial charge in [0.1, 0.15) is 12.4 Å². The zero-order valence-electron chi connectivity index (χ0n) is 16.9. The Morgan fingerprint density at radius 2 is 1.88 bits per heavy atom. The third-order valence-electron chi connectivity index (χ3n) is 4.81. The standard InChI is InChI=1S/C24H17IN2O5/c1-15-6-9-17(13-22(15)27(29)30)23-26-21(24(28)32-23)12-16-7-10-19(11-8-16)31-14-18-4-2-3-5-20(18)25/h2-13H,14H2,1H3/b21-12-. The van der Waals surface area contributed by atoms with Gasteiger partial charge >= 0.3 is 5.97 Å². The first-order chi connectivity index (χ1) is 15.4. The minimum Gasteiger partial charge on any atom is -0.489 e. The Balaban J connectivity index is 1.49. The maximum Gasteiger partial charge on any atom is 0.363 e. The number of hydrogen-bond acceptors (Lipinski definition) is 6. The van der Waals surface area contributed by atoms with E-state index in [1.54, 1.807) is 25.1 Å². The summed E-state index contributed by atoms with van der Waals surface area (Å²) in [5, 5.41) is 11.2. The van der Waals surface area contributed by atoms with Gasteiger partial charge in [0.05, 0.1) is 4.92 Å². The molecule has 1 aliphatic rings. The van der Waals surface area contributed by atoms with Crippen molar-refractivity contribution in [2.24, 2.45) is 4.99 Å². The molecule has 0 amide bonds. The van der Waals surface area contributed by atoms with Gasteiger partial charge < -0.3 is 9.47 Å². The van der Waals surface area contributed by atoms with Crippen LogP contribution in [0, 0.1) is 20.6 Å². The third kappa shape index (κ3) is 4.86. The van der Waals surface area contributed by atoms with Crippen molar-refractivity contribution in [3.63, 3.8) is 0 Å². The molecule has 0 aliphatic carbocycles. The van der Waals surface area contributed by atoms with E-state index in [0.717, 1.165) is 14.7 Å². The number of rotatable bonds is 6. The number of aliphatic imine (C=N–C) groups is 1. The Hall–Kier alpha value is -3.53. The lowest BCUT2D eigenvalue weighted by Gasteiger charge is -2.08. The third-order valence-corrected chi connectivity index (χ3v) is 5.86. The molecule has 0 saturated carbocycles. The number of benzene rings is 3. The molecule has 0 radical (unpaired) electrons. The first-order valence-electron chi connectivity index (χ1n) is 9.65. The molecule has 0 N–H and O–H groups in total. The van der Waals surface area contributed by atoms with E-state index < -0.39 is 10.9 Å². The Labute approximate surface area is 197 Å². The van der Waals surface area contributed by atoms with Gasteiger partial charge in [-0.05, 0) is 65.4 Å². The van der Waals surface area contributed by atoms with Crippen molar-refractivity contribution in [2.75, 3.05) is 0 Å². The highest BCUT2D eigenvalue weighted by Crippen LogP contribution is 2.25. The highest BCUT2D eigenvalue weighted by atomic mass is 127. The van der Waals surface area contributed by atoms with Gasteiger partial charge in [0.2, 0.25) is 5.90 Å². The Kier molecular flexibility index (Phi) is 6.31. The first kappa shape index (κ1) is 21.7. The summed E-state index contributed by atoms with van der Waals surface area (Å²) in [6.45, 7) is 2.10.